The van der Waals surface area contributed by atoms with Crippen LogP contribution in [0.15, 0.2) is 60.7 Å². The van der Waals surface area contributed by atoms with Gasteiger partial charge in [-0.1, -0.05) is 80.4 Å². The number of carbonyl (C=O) groups excluding carboxylic acids is 2. The van der Waals surface area contributed by atoms with Gasteiger partial charge in [0.2, 0.25) is 11.8 Å². The molecule has 2 fully saturated rings. The van der Waals surface area contributed by atoms with E-state index in [1.807, 2.05) is 41.3 Å². The zero-order chi connectivity index (χ0) is 23.9. The second-order valence-electron chi connectivity index (χ2n) is 9.86. The molecule has 182 valence electrons. The summed E-state index contributed by atoms with van der Waals surface area (Å²) in [5.41, 5.74) is 2.22. The number of carbonyl (C=O) groups is 2. The Bertz CT molecular complexity index is 919. The molecule has 2 aromatic carbocycles. The van der Waals surface area contributed by atoms with Gasteiger partial charge in [0, 0.05) is 26.2 Å². The molecule has 1 saturated carbocycles. The molecular weight excluding hydrogens is 422 g/mol. The van der Waals surface area contributed by atoms with Crippen LogP contribution in [0.25, 0.3) is 0 Å². The molecule has 34 heavy (non-hydrogen) atoms. The Morgan fingerprint density at radius 2 is 1.44 bits per heavy atom. The Morgan fingerprint density at radius 1 is 0.882 bits per heavy atom. The van der Waals surface area contributed by atoms with Crippen molar-refractivity contribution in [2.24, 2.45) is 5.92 Å². The fourth-order valence-electron chi connectivity index (χ4n) is 5.75. The van der Waals surface area contributed by atoms with Crippen LogP contribution >= 0.6 is 0 Å². The summed E-state index contributed by atoms with van der Waals surface area (Å²) in [6, 6.07) is 20.1. The van der Waals surface area contributed by atoms with Crippen LogP contribution in [0, 0.1) is 5.92 Å². The highest BCUT2D eigenvalue weighted by molar-refractivity contribution is 5.84. The Hall–Kier alpha value is -2.66. The number of hydrogen-bond donors (Lipinski definition) is 1. The molecule has 5 heteroatoms. The first-order valence-electron chi connectivity index (χ1n) is 13.0. The Balaban J connectivity index is 1.41. The molecule has 1 heterocycles. The van der Waals surface area contributed by atoms with Crippen molar-refractivity contribution in [3.63, 3.8) is 0 Å². The number of hydrogen-bond acceptors (Lipinski definition) is 3. The molecule has 0 spiro atoms. The standard InChI is InChI=1S/C29H39N3O2/c1-3-26(24-14-8-5-9-15-24)29(34)32-20-18-31(19-21-32)27(25-16-10-11-17-25)28(33)30-22(2)23-12-6-4-7-13-23/h4-9,12-15,22,25-27H,3,10-11,16-21H2,1-2H3,(H,30,33). The average molecular weight is 462 g/mol. The maximum absolute atomic E-state index is 13.5. The summed E-state index contributed by atoms with van der Waals surface area (Å²) in [6.07, 6.45) is 5.44. The molecule has 0 bridgehead atoms. The summed E-state index contributed by atoms with van der Waals surface area (Å²) >= 11 is 0. The van der Waals surface area contributed by atoms with E-state index in [1.54, 1.807) is 0 Å². The van der Waals surface area contributed by atoms with E-state index in [1.165, 1.54) is 12.8 Å². The van der Waals surface area contributed by atoms with E-state index >= 15 is 0 Å². The van der Waals surface area contributed by atoms with Crippen LogP contribution in [0.4, 0.5) is 0 Å². The largest absolute Gasteiger partial charge is 0.348 e. The molecule has 1 saturated heterocycles. The summed E-state index contributed by atoms with van der Waals surface area (Å²) in [5.74, 6) is 0.665. The highest BCUT2D eigenvalue weighted by Gasteiger charge is 2.38. The molecule has 3 unspecified atom stereocenters. The third-order valence-electron chi connectivity index (χ3n) is 7.70. The van der Waals surface area contributed by atoms with Gasteiger partial charge in [0.15, 0.2) is 0 Å². The van der Waals surface area contributed by atoms with Gasteiger partial charge in [0.1, 0.15) is 0 Å². The third-order valence-corrected chi connectivity index (χ3v) is 7.70. The molecular formula is C29H39N3O2. The molecule has 2 aromatic rings. The fourth-order valence-corrected chi connectivity index (χ4v) is 5.75. The van der Waals surface area contributed by atoms with E-state index in [4.69, 9.17) is 0 Å². The summed E-state index contributed by atoms with van der Waals surface area (Å²) in [7, 11) is 0. The average Bonchev–Trinajstić information content (AvgIpc) is 3.40. The Morgan fingerprint density at radius 3 is 2.00 bits per heavy atom. The molecule has 4 rings (SSSR count). The van der Waals surface area contributed by atoms with E-state index in [2.05, 4.69) is 48.3 Å². The zero-order valence-electron chi connectivity index (χ0n) is 20.7. The molecule has 1 N–H and O–H groups in total. The lowest BCUT2D eigenvalue weighted by atomic mass is 9.93. The first kappa shape index (κ1) is 24.5. The van der Waals surface area contributed by atoms with Crippen molar-refractivity contribution in [2.45, 2.75) is 64.0 Å². The molecule has 1 aliphatic heterocycles. The predicted octanol–water partition coefficient (Wildman–Crippen LogP) is 4.76. The van der Waals surface area contributed by atoms with Crippen LogP contribution in [0.2, 0.25) is 0 Å². The SMILES string of the molecule is CCC(C(=O)N1CCN(C(C(=O)NC(C)c2ccccc2)C2CCCC2)CC1)c1ccccc1. The summed E-state index contributed by atoms with van der Waals surface area (Å²) in [5, 5.41) is 3.29. The number of piperazine rings is 1. The lowest BCUT2D eigenvalue weighted by Gasteiger charge is -2.42. The van der Waals surface area contributed by atoms with E-state index in [0.717, 1.165) is 43.5 Å². The summed E-state index contributed by atoms with van der Waals surface area (Å²) < 4.78 is 0. The Kier molecular flexibility index (Phi) is 8.39. The van der Waals surface area contributed by atoms with Gasteiger partial charge in [-0.2, -0.15) is 0 Å². The van der Waals surface area contributed by atoms with Gasteiger partial charge in [-0.15, -0.1) is 0 Å². The quantitative estimate of drug-likeness (QED) is 0.617. The maximum Gasteiger partial charge on any atom is 0.238 e. The second kappa shape index (κ2) is 11.7. The summed E-state index contributed by atoms with van der Waals surface area (Å²) in [6.45, 7) is 7.03. The van der Waals surface area contributed by atoms with Crippen LogP contribution in [-0.4, -0.2) is 53.8 Å². The number of amides is 2. The number of rotatable bonds is 8. The van der Waals surface area contributed by atoms with Gasteiger partial charge in [0.05, 0.1) is 18.0 Å². The molecule has 5 nitrogen and oxygen atoms in total. The first-order chi connectivity index (χ1) is 16.6. The zero-order valence-corrected chi connectivity index (χ0v) is 20.7. The molecule has 0 aromatic heterocycles. The van der Waals surface area contributed by atoms with Crippen LogP contribution < -0.4 is 5.32 Å². The van der Waals surface area contributed by atoms with Crippen molar-refractivity contribution in [1.29, 1.82) is 0 Å². The predicted molar refractivity (Wildman–Crippen MR) is 136 cm³/mol. The van der Waals surface area contributed by atoms with Gasteiger partial charge in [-0.05, 0) is 43.2 Å². The normalized spacial score (nSPS) is 20.0. The van der Waals surface area contributed by atoms with Crippen LogP contribution in [0.5, 0.6) is 0 Å². The second-order valence-corrected chi connectivity index (χ2v) is 9.86. The number of benzene rings is 2. The van der Waals surface area contributed by atoms with E-state index < -0.39 is 0 Å². The van der Waals surface area contributed by atoms with Crippen molar-refractivity contribution < 1.29 is 9.59 Å². The molecule has 2 aliphatic rings. The molecule has 3 atom stereocenters. The van der Waals surface area contributed by atoms with Crippen LogP contribution in [-0.2, 0) is 9.59 Å². The number of nitrogens with zero attached hydrogens (tertiary/aromatic N) is 2. The highest BCUT2D eigenvalue weighted by atomic mass is 16.2. The smallest absolute Gasteiger partial charge is 0.238 e. The van der Waals surface area contributed by atoms with Crippen molar-refractivity contribution in [3.8, 4) is 0 Å². The first-order valence-corrected chi connectivity index (χ1v) is 13.0. The molecule has 2 amide bonds. The van der Waals surface area contributed by atoms with Gasteiger partial charge < -0.3 is 10.2 Å². The molecule has 1 aliphatic carbocycles. The van der Waals surface area contributed by atoms with E-state index in [-0.39, 0.29) is 29.8 Å². The minimum atomic E-state index is -0.109. The monoisotopic (exact) mass is 461 g/mol. The van der Waals surface area contributed by atoms with Gasteiger partial charge in [-0.25, -0.2) is 0 Å². The van der Waals surface area contributed by atoms with Crippen molar-refractivity contribution in [2.75, 3.05) is 26.2 Å². The topological polar surface area (TPSA) is 52.7 Å². The lowest BCUT2D eigenvalue weighted by Crippen LogP contribution is -2.58. The van der Waals surface area contributed by atoms with Crippen molar-refractivity contribution in [3.05, 3.63) is 71.8 Å². The Labute approximate surface area is 204 Å². The number of nitrogens with one attached hydrogen (secondary N) is 1. The third kappa shape index (κ3) is 5.69. The van der Waals surface area contributed by atoms with E-state index in [9.17, 15) is 9.59 Å². The van der Waals surface area contributed by atoms with Crippen molar-refractivity contribution >= 4 is 11.8 Å². The van der Waals surface area contributed by atoms with Crippen molar-refractivity contribution in [1.82, 2.24) is 15.1 Å². The van der Waals surface area contributed by atoms with Crippen LogP contribution in [0.3, 0.4) is 0 Å². The summed E-state index contributed by atoms with van der Waals surface area (Å²) in [4.78, 5) is 31.2. The minimum Gasteiger partial charge on any atom is -0.348 e. The van der Waals surface area contributed by atoms with Gasteiger partial charge in [0.25, 0.3) is 0 Å². The van der Waals surface area contributed by atoms with E-state index in [0.29, 0.717) is 19.0 Å². The molecule has 0 radical (unpaired) electrons. The fraction of sp³-hybridized carbons (Fsp3) is 0.517. The maximum atomic E-state index is 13.5. The lowest BCUT2D eigenvalue weighted by molar-refractivity contribution is -0.136. The highest BCUT2D eigenvalue weighted by Crippen LogP contribution is 2.32. The van der Waals surface area contributed by atoms with Gasteiger partial charge >= 0.3 is 0 Å². The minimum absolute atomic E-state index is 0.0170. The van der Waals surface area contributed by atoms with Crippen LogP contribution in [0.1, 0.15) is 69.0 Å². The van der Waals surface area contributed by atoms with Gasteiger partial charge in [-0.3, -0.25) is 14.5 Å².